The zero-order valence-corrected chi connectivity index (χ0v) is 19.6. The van der Waals surface area contributed by atoms with Gasteiger partial charge in [-0.3, -0.25) is 9.59 Å². The minimum Gasteiger partial charge on any atom is -0.481 e. The molecule has 1 N–H and O–H groups in total. The normalized spacial score (nSPS) is 26.3. The largest absolute Gasteiger partial charge is 0.481 e. The Morgan fingerprint density at radius 2 is 1.46 bits per heavy atom. The minimum absolute atomic E-state index is 0. The summed E-state index contributed by atoms with van der Waals surface area (Å²) in [6, 6.07) is 6.10. The standard InChI is InChI=1S/C22H30O3.Zn/c1-21(2)11-12-22(3,4)18-13-14(9-10-17(18)21)19(23)15-7-5-6-8-16(15)20(24)25;/h9-10,13,15-16H,5-8,11-12H2,1-4H3,(H,24,25);. The van der Waals surface area contributed by atoms with Gasteiger partial charge in [0.15, 0.2) is 5.78 Å². The van der Waals surface area contributed by atoms with Crippen LogP contribution >= 0.6 is 0 Å². The number of hydrogen-bond donors (Lipinski definition) is 1. The molecule has 138 valence electrons. The zero-order chi connectivity index (χ0) is 18.4. The fraction of sp³-hybridized carbons (Fsp3) is 0.636. The Bertz CT molecular complexity index is 705. The summed E-state index contributed by atoms with van der Waals surface area (Å²) in [5.74, 6) is -1.70. The van der Waals surface area contributed by atoms with Crippen LogP contribution in [-0.4, -0.2) is 16.9 Å². The fourth-order valence-corrected chi connectivity index (χ4v) is 4.70. The summed E-state index contributed by atoms with van der Waals surface area (Å²) in [4.78, 5) is 24.7. The SMILES string of the molecule is CC1(C)CCC(C)(C)c2cc(C(=O)C3CCCCC3C(=O)O)ccc21.[Zn]. The second-order valence-corrected chi connectivity index (χ2v) is 9.23. The van der Waals surface area contributed by atoms with Gasteiger partial charge in [-0.25, -0.2) is 0 Å². The van der Waals surface area contributed by atoms with E-state index in [9.17, 15) is 14.7 Å². The van der Waals surface area contributed by atoms with Gasteiger partial charge in [0.05, 0.1) is 5.92 Å². The van der Waals surface area contributed by atoms with Crippen LogP contribution in [0, 0.1) is 11.8 Å². The molecule has 0 spiro atoms. The summed E-state index contributed by atoms with van der Waals surface area (Å²) < 4.78 is 0. The van der Waals surface area contributed by atoms with E-state index >= 15 is 0 Å². The molecule has 2 aliphatic carbocycles. The number of carbonyl (C=O) groups excluding carboxylic acids is 1. The first kappa shape index (κ1) is 21.3. The molecule has 0 heterocycles. The van der Waals surface area contributed by atoms with Gasteiger partial charge >= 0.3 is 5.97 Å². The molecular formula is C22H30O3Zn. The second-order valence-electron chi connectivity index (χ2n) is 9.23. The number of fused-ring (bicyclic) bond motifs is 1. The summed E-state index contributed by atoms with van der Waals surface area (Å²) in [7, 11) is 0. The van der Waals surface area contributed by atoms with Crippen LogP contribution in [0.2, 0.25) is 0 Å². The molecule has 1 fully saturated rings. The number of carboxylic acid groups (broad SMARTS) is 1. The number of carbonyl (C=O) groups is 2. The first-order valence-electron chi connectivity index (χ1n) is 9.55. The van der Waals surface area contributed by atoms with E-state index in [-0.39, 0.29) is 42.0 Å². The van der Waals surface area contributed by atoms with Crippen molar-refractivity contribution < 1.29 is 34.2 Å². The molecule has 26 heavy (non-hydrogen) atoms. The predicted octanol–water partition coefficient (Wildman–Crippen LogP) is 5.11. The summed E-state index contributed by atoms with van der Waals surface area (Å²) in [6.07, 6.45) is 5.42. The van der Waals surface area contributed by atoms with Gasteiger partial charge in [-0.15, -0.1) is 0 Å². The second kappa shape index (κ2) is 7.54. The molecule has 0 amide bonds. The number of benzene rings is 1. The topological polar surface area (TPSA) is 54.4 Å². The average Bonchev–Trinajstić information content (AvgIpc) is 2.58. The number of aliphatic carboxylic acids is 1. The van der Waals surface area contributed by atoms with Crippen LogP contribution in [-0.2, 0) is 35.1 Å². The van der Waals surface area contributed by atoms with Crippen molar-refractivity contribution >= 4 is 11.8 Å². The van der Waals surface area contributed by atoms with E-state index in [1.54, 1.807) is 0 Å². The van der Waals surface area contributed by atoms with E-state index < -0.39 is 11.9 Å². The Labute approximate surface area is 169 Å². The third-order valence-corrected chi connectivity index (χ3v) is 6.56. The minimum atomic E-state index is -0.822. The Morgan fingerprint density at radius 1 is 0.923 bits per heavy atom. The van der Waals surface area contributed by atoms with Crippen LogP contribution < -0.4 is 0 Å². The number of ketones is 1. The van der Waals surface area contributed by atoms with Crippen LogP contribution in [0.3, 0.4) is 0 Å². The van der Waals surface area contributed by atoms with E-state index in [0.29, 0.717) is 18.4 Å². The van der Waals surface area contributed by atoms with Crippen LogP contribution in [0.1, 0.15) is 87.7 Å². The number of Topliss-reactive ketones (excluding diaryl/α,β-unsaturated/α-hetero) is 1. The van der Waals surface area contributed by atoms with Crippen molar-refractivity contribution in [2.24, 2.45) is 11.8 Å². The molecule has 1 aromatic carbocycles. The monoisotopic (exact) mass is 406 g/mol. The molecule has 0 aromatic heterocycles. The van der Waals surface area contributed by atoms with Crippen molar-refractivity contribution in [3.63, 3.8) is 0 Å². The third-order valence-electron chi connectivity index (χ3n) is 6.56. The molecule has 0 bridgehead atoms. The maximum atomic E-state index is 13.1. The van der Waals surface area contributed by atoms with E-state index in [4.69, 9.17) is 0 Å². The van der Waals surface area contributed by atoms with Crippen molar-refractivity contribution in [3.05, 3.63) is 34.9 Å². The van der Waals surface area contributed by atoms with Crippen LogP contribution in [0.25, 0.3) is 0 Å². The van der Waals surface area contributed by atoms with Crippen LogP contribution in [0.5, 0.6) is 0 Å². The summed E-state index contributed by atoms with van der Waals surface area (Å²) >= 11 is 0. The molecule has 2 unspecified atom stereocenters. The molecular weight excluding hydrogens is 378 g/mol. The first-order valence-corrected chi connectivity index (χ1v) is 9.55. The van der Waals surface area contributed by atoms with Gasteiger partial charge in [0.25, 0.3) is 0 Å². The molecule has 0 aliphatic heterocycles. The molecule has 0 saturated heterocycles. The van der Waals surface area contributed by atoms with Gasteiger partial charge < -0.3 is 5.11 Å². The van der Waals surface area contributed by atoms with Gasteiger partial charge in [-0.1, -0.05) is 52.7 Å². The Balaban J connectivity index is 0.00000243. The number of rotatable bonds is 3. The van der Waals surface area contributed by atoms with E-state index in [1.165, 1.54) is 11.1 Å². The maximum absolute atomic E-state index is 13.1. The Hall–Kier alpha value is -1.02. The third kappa shape index (κ3) is 3.81. The molecule has 2 atom stereocenters. The first-order chi connectivity index (χ1) is 11.6. The average molecular weight is 408 g/mol. The predicted molar refractivity (Wildman–Crippen MR) is 99.1 cm³/mol. The quantitative estimate of drug-likeness (QED) is 0.559. The van der Waals surface area contributed by atoms with Gasteiger partial charge in [0.1, 0.15) is 0 Å². The van der Waals surface area contributed by atoms with Crippen molar-refractivity contribution in [1.82, 2.24) is 0 Å². The van der Waals surface area contributed by atoms with Crippen molar-refractivity contribution in [1.29, 1.82) is 0 Å². The molecule has 0 radical (unpaired) electrons. The van der Waals surface area contributed by atoms with Gasteiger partial charge in [0.2, 0.25) is 0 Å². The summed E-state index contributed by atoms with van der Waals surface area (Å²) in [5.41, 5.74) is 3.47. The van der Waals surface area contributed by atoms with Crippen molar-refractivity contribution in [2.45, 2.75) is 77.0 Å². The number of carboxylic acids is 1. The van der Waals surface area contributed by atoms with E-state index in [1.807, 2.05) is 6.07 Å². The summed E-state index contributed by atoms with van der Waals surface area (Å²) in [6.45, 7) is 9.03. The van der Waals surface area contributed by atoms with Gasteiger partial charge in [-0.05, 0) is 53.7 Å². The number of hydrogen-bond acceptors (Lipinski definition) is 2. The molecule has 3 nitrogen and oxygen atoms in total. The Morgan fingerprint density at radius 3 is 2.04 bits per heavy atom. The van der Waals surface area contributed by atoms with Gasteiger partial charge in [-0.2, -0.15) is 0 Å². The molecule has 1 saturated carbocycles. The van der Waals surface area contributed by atoms with E-state index in [0.717, 1.165) is 25.7 Å². The van der Waals surface area contributed by atoms with Crippen LogP contribution in [0.15, 0.2) is 18.2 Å². The van der Waals surface area contributed by atoms with Crippen LogP contribution in [0.4, 0.5) is 0 Å². The van der Waals surface area contributed by atoms with Gasteiger partial charge in [0, 0.05) is 31.0 Å². The molecule has 3 rings (SSSR count). The Kier molecular flexibility index (Phi) is 6.17. The van der Waals surface area contributed by atoms with E-state index in [2.05, 4.69) is 39.8 Å². The zero-order valence-electron chi connectivity index (χ0n) is 16.6. The molecule has 2 aliphatic rings. The molecule has 4 heteroatoms. The molecule has 1 aromatic rings. The fourth-order valence-electron chi connectivity index (χ4n) is 4.70. The summed E-state index contributed by atoms with van der Waals surface area (Å²) in [5, 5.41) is 9.50. The smallest absolute Gasteiger partial charge is 0.307 e. The van der Waals surface area contributed by atoms with Crippen molar-refractivity contribution in [3.8, 4) is 0 Å². The van der Waals surface area contributed by atoms with Crippen molar-refractivity contribution in [2.75, 3.05) is 0 Å². The maximum Gasteiger partial charge on any atom is 0.307 e.